The number of hydrogen-bond acceptors (Lipinski definition) is 3. The fourth-order valence-electron chi connectivity index (χ4n) is 2.38. The van der Waals surface area contributed by atoms with Gasteiger partial charge in [-0.05, 0) is 49.2 Å². The van der Waals surface area contributed by atoms with Gasteiger partial charge in [-0.15, -0.1) is 5.10 Å². The van der Waals surface area contributed by atoms with Crippen LogP contribution in [0.4, 0.5) is 4.39 Å². The van der Waals surface area contributed by atoms with E-state index in [2.05, 4.69) is 15.6 Å². The van der Waals surface area contributed by atoms with Crippen LogP contribution in [-0.4, -0.2) is 20.9 Å². The van der Waals surface area contributed by atoms with Crippen molar-refractivity contribution in [1.82, 2.24) is 20.3 Å². The molecule has 1 heterocycles. The quantitative estimate of drug-likeness (QED) is 0.806. The summed E-state index contributed by atoms with van der Waals surface area (Å²) >= 11 is 0. The maximum absolute atomic E-state index is 13.5. The first kappa shape index (κ1) is 15.1. The number of aryl methyl sites for hydroxylation is 2. The van der Waals surface area contributed by atoms with Gasteiger partial charge in [0.2, 0.25) is 0 Å². The summed E-state index contributed by atoms with van der Waals surface area (Å²) in [7, 11) is 0. The number of amides is 1. The average Bonchev–Trinajstić information content (AvgIpc) is 2.97. The van der Waals surface area contributed by atoms with E-state index in [1.54, 1.807) is 35.9 Å². The van der Waals surface area contributed by atoms with Crippen LogP contribution in [0.2, 0.25) is 0 Å². The lowest BCUT2D eigenvalue weighted by Crippen LogP contribution is -2.22. The third-order valence-electron chi connectivity index (χ3n) is 3.76. The predicted octanol–water partition coefficient (Wildman–Crippen LogP) is 2.83. The van der Waals surface area contributed by atoms with Crippen molar-refractivity contribution >= 4 is 16.9 Å². The maximum atomic E-state index is 13.5. The summed E-state index contributed by atoms with van der Waals surface area (Å²) in [5, 5.41) is 10.9. The summed E-state index contributed by atoms with van der Waals surface area (Å²) in [6.07, 6.45) is 0. The van der Waals surface area contributed by atoms with Gasteiger partial charge >= 0.3 is 0 Å². The predicted molar refractivity (Wildman–Crippen MR) is 85.5 cm³/mol. The van der Waals surface area contributed by atoms with Gasteiger partial charge in [-0.1, -0.05) is 17.3 Å². The topological polar surface area (TPSA) is 59.8 Å². The summed E-state index contributed by atoms with van der Waals surface area (Å²) in [6, 6.07) is 10.2. The zero-order chi connectivity index (χ0) is 16.4. The van der Waals surface area contributed by atoms with E-state index < -0.39 is 0 Å². The largest absolute Gasteiger partial charge is 0.348 e. The minimum absolute atomic E-state index is 0.223. The third kappa shape index (κ3) is 3.06. The molecule has 3 aromatic rings. The lowest BCUT2D eigenvalue weighted by atomic mass is 10.1. The number of carbonyl (C=O) groups is 1. The van der Waals surface area contributed by atoms with Crippen LogP contribution in [0.25, 0.3) is 11.0 Å². The molecule has 1 amide bonds. The molecule has 23 heavy (non-hydrogen) atoms. The molecule has 118 valence electrons. The molecule has 0 radical (unpaired) electrons. The van der Waals surface area contributed by atoms with E-state index >= 15 is 0 Å². The number of hydrogen-bond donors (Lipinski definition) is 1. The highest BCUT2D eigenvalue weighted by Crippen LogP contribution is 2.14. The van der Waals surface area contributed by atoms with E-state index in [9.17, 15) is 9.18 Å². The lowest BCUT2D eigenvalue weighted by molar-refractivity contribution is 0.0951. The Morgan fingerprint density at radius 2 is 2.09 bits per heavy atom. The van der Waals surface area contributed by atoms with Gasteiger partial charge in [0, 0.05) is 18.7 Å². The van der Waals surface area contributed by atoms with E-state index in [0.717, 1.165) is 17.6 Å². The molecule has 0 spiro atoms. The molecule has 1 aromatic heterocycles. The van der Waals surface area contributed by atoms with E-state index in [0.29, 0.717) is 16.6 Å². The van der Waals surface area contributed by atoms with Gasteiger partial charge in [0.1, 0.15) is 11.3 Å². The van der Waals surface area contributed by atoms with E-state index in [1.807, 2.05) is 13.0 Å². The first-order chi connectivity index (χ1) is 11.1. The lowest BCUT2D eigenvalue weighted by Gasteiger charge is -2.07. The normalized spacial score (nSPS) is 10.9. The van der Waals surface area contributed by atoms with Crippen molar-refractivity contribution < 1.29 is 9.18 Å². The van der Waals surface area contributed by atoms with Crippen LogP contribution in [0, 0.1) is 12.7 Å². The minimum atomic E-state index is -0.269. The van der Waals surface area contributed by atoms with Gasteiger partial charge in [0.05, 0.1) is 5.52 Å². The van der Waals surface area contributed by atoms with E-state index in [4.69, 9.17) is 0 Å². The molecule has 0 bridgehead atoms. The van der Waals surface area contributed by atoms with Gasteiger partial charge in [0.15, 0.2) is 0 Å². The number of carbonyl (C=O) groups excluding carboxylic acids is 1. The Hall–Kier alpha value is -2.76. The second-order valence-electron chi connectivity index (χ2n) is 5.37. The van der Waals surface area contributed by atoms with Crippen LogP contribution in [0.15, 0.2) is 36.4 Å². The molecule has 0 fully saturated rings. The highest BCUT2D eigenvalue weighted by Gasteiger charge is 2.10. The van der Waals surface area contributed by atoms with Crippen molar-refractivity contribution in [1.29, 1.82) is 0 Å². The van der Waals surface area contributed by atoms with Crippen molar-refractivity contribution in [3.05, 3.63) is 58.9 Å². The summed E-state index contributed by atoms with van der Waals surface area (Å²) in [6.45, 7) is 4.68. The Labute approximate surface area is 133 Å². The minimum Gasteiger partial charge on any atom is -0.348 e. The fraction of sp³-hybridized carbons (Fsp3) is 0.235. The highest BCUT2D eigenvalue weighted by atomic mass is 19.1. The number of halogens is 1. The van der Waals surface area contributed by atoms with Gasteiger partial charge in [-0.3, -0.25) is 4.79 Å². The molecule has 1 N–H and O–H groups in total. The smallest absolute Gasteiger partial charge is 0.251 e. The Balaban J connectivity index is 1.73. The zero-order valence-electron chi connectivity index (χ0n) is 13.0. The molecule has 6 heteroatoms. The Bertz CT molecular complexity index is 872. The van der Waals surface area contributed by atoms with E-state index in [1.165, 1.54) is 6.07 Å². The molecular weight excluding hydrogens is 295 g/mol. The number of aromatic nitrogens is 3. The molecule has 5 nitrogen and oxygen atoms in total. The molecule has 0 unspecified atom stereocenters. The average molecular weight is 312 g/mol. The summed E-state index contributed by atoms with van der Waals surface area (Å²) < 4.78 is 15.3. The second-order valence-corrected chi connectivity index (χ2v) is 5.37. The Morgan fingerprint density at radius 1 is 1.26 bits per heavy atom. The van der Waals surface area contributed by atoms with Crippen LogP contribution in [0.3, 0.4) is 0 Å². The van der Waals surface area contributed by atoms with Crippen LogP contribution >= 0.6 is 0 Å². The van der Waals surface area contributed by atoms with Gasteiger partial charge in [-0.2, -0.15) is 0 Å². The molecule has 0 saturated heterocycles. The molecule has 3 rings (SSSR count). The fourth-order valence-corrected chi connectivity index (χ4v) is 2.38. The number of rotatable bonds is 4. The van der Waals surface area contributed by atoms with Crippen molar-refractivity contribution in [2.75, 3.05) is 0 Å². The number of fused-ring (bicyclic) bond motifs is 1. The first-order valence-electron chi connectivity index (χ1n) is 7.45. The highest BCUT2D eigenvalue weighted by molar-refractivity contribution is 5.97. The van der Waals surface area contributed by atoms with Crippen LogP contribution in [-0.2, 0) is 13.1 Å². The number of nitrogens with zero attached hydrogens (tertiary/aromatic N) is 3. The molecule has 0 aliphatic rings. The van der Waals surface area contributed by atoms with Crippen LogP contribution < -0.4 is 5.32 Å². The monoisotopic (exact) mass is 312 g/mol. The number of benzene rings is 2. The van der Waals surface area contributed by atoms with Gasteiger partial charge in [0.25, 0.3) is 5.91 Å². The molecule has 0 saturated carbocycles. The molecule has 0 atom stereocenters. The molecular formula is C17H17FN4O. The van der Waals surface area contributed by atoms with Crippen molar-refractivity contribution in [3.8, 4) is 0 Å². The molecule has 0 aliphatic carbocycles. The first-order valence-corrected chi connectivity index (χ1v) is 7.45. The summed E-state index contributed by atoms with van der Waals surface area (Å²) in [5.74, 6) is -0.492. The second kappa shape index (κ2) is 6.16. The third-order valence-corrected chi connectivity index (χ3v) is 3.76. The van der Waals surface area contributed by atoms with Crippen molar-refractivity contribution in [3.63, 3.8) is 0 Å². The summed E-state index contributed by atoms with van der Waals surface area (Å²) in [4.78, 5) is 12.2. The van der Waals surface area contributed by atoms with Gasteiger partial charge in [-0.25, -0.2) is 9.07 Å². The maximum Gasteiger partial charge on any atom is 0.251 e. The molecule has 0 aliphatic heterocycles. The number of nitrogens with one attached hydrogen (secondary N) is 1. The van der Waals surface area contributed by atoms with Crippen molar-refractivity contribution in [2.45, 2.75) is 26.9 Å². The standard InChI is InChI=1S/C17H17FN4O/c1-3-22-16-7-6-13(9-15(16)20-21-22)17(23)19-10-12-5-4-11(2)14(18)8-12/h4-9H,3,10H2,1-2H3,(H,19,23). The Kier molecular flexibility index (Phi) is 4.06. The Morgan fingerprint density at radius 3 is 2.83 bits per heavy atom. The van der Waals surface area contributed by atoms with Crippen LogP contribution in [0.1, 0.15) is 28.4 Å². The zero-order valence-corrected chi connectivity index (χ0v) is 13.0. The molecule has 2 aromatic carbocycles. The van der Waals surface area contributed by atoms with Gasteiger partial charge < -0.3 is 5.32 Å². The van der Waals surface area contributed by atoms with E-state index in [-0.39, 0.29) is 18.3 Å². The SMILES string of the molecule is CCn1nnc2cc(C(=O)NCc3ccc(C)c(F)c3)ccc21. The van der Waals surface area contributed by atoms with Crippen molar-refractivity contribution in [2.24, 2.45) is 0 Å². The summed E-state index contributed by atoms with van der Waals surface area (Å²) in [5.41, 5.74) is 3.39. The van der Waals surface area contributed by atoms with Crippen LogP contribution in [0.5, 0.6) is 0 Å².